The van der Waals surface area contributed by atoms with Gasteiger partial charge < -0.3 is 0 Å². The maximum atomic E-state index is 2.55. The van der Waals surface area contributed by atoms with Crippen molar-refractivity contribution in [1.29, 1.82) is 0 Å². The second-order valence-corrected chi connectivity index (χ2v) is 17.5. The number of aromatic nitrogens is 1. The Hall–Kier alpha value is -2.84. The van der Waals surface area contributed by atoms with Gasteiger partial charge in [0.25, 0.3) is 0 Å². The molecule has 2 heterocycles. The number of aryl methyl sites for hydroxylation is 2. The van der Waals surface area contributed by atoms with Crippen LogP contribution in [0.25, 0.3) is 43.6 Å². The third-order valence-electron chi connectivity index (χ3n) is 10.5. The molecule has 1 saturated carbocycles. The van der Waals surface area contributed by atoms with Gasteiger partial charge in [-0.3, -0.25) is 0 Å². The Morgan fingerprint density at radius 2 is 1.66 bits per heavy atom. The molecule has 1 fully saturated rings. The lowest BCUT2D eigenvalue weighted by Crippen LogP contribution is -2.32. The topological polar surface area (TPSA) is 3.88 Å². The van der Waals surface area contributed by atoms with Crippen molar-refractivity contribution in [2.45, 2.75) is 110 Å². The van der Waals surface area contributed by atoms with Crippen LogP contribution in [0.5, 0.6) is 0 Å². The van der Waals surface area contributed by atoms with Gasteiger partial charge in [0, 0.05) is 21.2 Å². The SMILES string of the molecule is Cc1c2c(c(CC(C)C)c3ccc(CC(C)(C)C)cc13)Sc1cc3ccc(C4CCC(C)(C)CC4)cc3c3cc[n+](C)c-2c13. The molecule has 0 unspecified atom stereocenters. The summed E-state index contributed by atoms with van der Waals surface area (Å²) in [6, 6.07) is 19.6. The van der Waals surface area contributed by atoms with Crippen LogP contribution in [0.4, 0.5) is 0 Å². The molecule has 7 rings (SSSR count). The van der Waals surface area contributed by atoms with Gasteiger partial charge in [-0.15, -0.1) is 0 Å². The van der Waals surface area contributed by atoms with E-state index in [0.29, 0.717) is 17.3 Å². The molecule has 228 valence electrons. The van der Waals surface area contributed by atoms with E-state index < -0.39 is 0 Å². The summed E-state index contributed by atoms with van der Waals surface area (Å²) in [6.45, 7) is 19.0. The fourth-order valence-electron chi connectivity index (χ4n) is 8.22. The van der Waals surface area contributed by atoms with Crippen LogP contribution in [0.15, 0.2) is 64.5 Å². The summed E-state index contributed by atoms with van der Waals surface area (Å²) in [5, 5.41) is 8.52. The largest absolute Gasteiger partial charge is 0.222 e. The second kappa shape index (κ2) is 10.6. The maximum absolute atomic E-state index is 2.55. The molecular weight excluding hydrogens is 551 g/mol. The zero-order valence-corrected chi connectivity index (χ0v) is 29.3. The van der Waals surface area contributed by atoms with Crippen molar-refractivity contribution < 1.29 is 4.57 Å². The second-order valence-electron chi connectivity index (χ2n) is 16.5. The average Bonchev–Trinajstić information content (AvgIpc) is 2.95. The van der Waals surface area contributed by atoms with Crippen LogP contribution in [0.1, 0.15) is 102 Å². The molecule has 0 atom stereocenters. The van der Waals surface area contributed by atoms with E-state index in [0.717, 1.165) is 12.8 Å². The Morgan fingerprint density at radius 1 is 0.909 bits per heavy atom. The van der Waals surface area contributed by atoms with Crippen molar-refractivity contribution in [2.75, 3.05) is 0 Å². The molecule has 2 heteroatoms. The average molecular weight is 601 g/mol. The molecule has 0 amide bonds. The van der Waals surface area contributed by atoms with E-state index in [1.807, 2.05) is 11.8 Å². The van der Waals surface area contributed by atoms with Crippen LogP contribution >= 0.6 is 11.8 Å². The monoisotopic (exact) mass is 600 g/mol. The fraction of sp³-hybridized carbons (Fsp3) is 0.452. The number of hydrogen-bond donors (Lipinski definition) is 0. The first-order valence-corrected chi connectivity index (χ1v) is 17.8. The van der Waals surface area contributed by atoms with Crippen molar-refractivity contribution in [3.8, 4) is 11.3 Å². The quantitative estimate of drug-likeness (QED) is 0.144. The third-order valence-corrected chi connectivity index (χ3v) is 11.7. The van der Waals surface area contributed by atoms with E-state index in [4.69, 9.17) is 0 Å². The van der Waals surface area contributed by atoms with E-state index in [1.54, 1.807) is 0 Å². The molecule has 4 aromatic carbocycles. The van der Waals surface area contributed by atoms with Crippen molar-refractivity contribution in [3.63, 3.8) is 0 Å². The van der Waals surface area contributed by atoms with Crippen molar-refractivity contribution in [3.05, 3.63) is 77.0 Å². The fourth-order valence-corrected chi connectivity index (χ4v) is 9.60. The predicted octanol–water partition coefficient (Wildman–Crippen LogP) is 11.9. The summed E-state index contributed by atoms with van der Waals surface area (Å²) in [4.78, 5) is 2.88. The molecule has 44 heavy (non-hydrogen) atoms. The molecule has 0 saturated heterocycles. The molecule has 0 N–H and O–H groups in total. The molecule has 0 spiro atoms. The minimum atomic E-state index is 0.261. The van der Waals surface area contributed by atoms with Crippen molar-refractivity contribution in [1.82, 2.24) is 0 Å². The molecular formula is C42H50NS+. The zero-order chi connectivity index (χ0) is 31.1. The van der Waals surface area contributed by atoms with Gasteiger partial charge in [-0.05, 0) is 118 Å². The van der Waals surface area contributed by atoms with Gasteiger partial charge in [-0.2, -0.15) is 0 Å². The molecule has 1 aromatic heterocycles. The van der Waals surface area contributed by atoms with E-state index in [2.05, 4.69) is 122 Å². The van der Waals surface area contributed by atoms with E-state index in [1.165, 1.54) is 101 Å². The van der Waals surface area contributed by atoms with Crippen molar-refractivity contribution in [2.24, 2.45) is 23.8 Å². The third kappa shape index (κ3) is 5.16. The van der Waals surface area contributed by atoms with Gasteiger partial charge in [0.15, 0.2) is 6.20 Å². The summed E-state index contributed by atoms with van der Waals surface area (Å²) in [5.74, 6) is 1.27. The van der Waals surface area contributed by atoms with Gasteiger partial charge in [0.2, 0.25) is 5.69 Å². The normalized spacial score (nSPS) is 16.8. The molecule has 1 aliphatic heterocycles. The zero-order valence-electron chi connectivity index (χ0n) is 28.4. The minimum Gasteiger partial charge on any atom is -0.200 e. The van der Waals surface area contributed by atoms with Crippen LogP contribution in [0.2, 0.25) is 0 Å². The highest BCUT2D eigenvalue weighted by molar-refractivity contribution is 8.00. The number of nitrogens with zero attached hydrogens (tertiary/aromatic N) is 1. The van der Waals surface area contributed by atoms with Gasteiger partial charge in [-0.25, -0.2) is 4.57 Å². The van der Waals surface area contributed by atoms with Crippen LogP contribution in [-0.2, 0) is 19.9 Å². The van der Waals surface area contributed by atoms with E-state index >= 15 is 0 Å². The lowest BCUT2D eigenvalue weighted by molar-refractivity contribution is -0.659. The smallest absolute Gasteiger partial charge is 0.200 e. The lowest BCUT2D eigenvalue weighted by Gasteiger charge is -2.34. The highest BCUT2D eigenvalue weighted by atomic mass is 32.2. The number of rotatable bonds is 4. The number of benzene rings is 4. The Labute approximate surface area is 269 Å². The summed E-state index contributed by atoms with van der Waals surface area (Å²) in [6.07, 6.45) is 9.76. The van der Waals surface area contributed by atoms with Crippen LogP contribution < -0.4 is 4.57 Å². The van der Waals surface area contributed by atoms with E-state index in [9.17, 15) is 0 Å². The first kappa shape index (κ1) is 29.8. The highest BCUT2D eigenvalue weighted by Crippen LogP contribution is 2.53. The van der Waals surface area contributed by atoms with Gasteiger partial charge in [0.1, 0.15) is 7.05 Å². The Kier molecular flexibility index (Phi) is 7.20. The van der Waals surface area contributed by atoms with Crippen LogP contribution in [0.3, 0.4) is 0 Å². The number of fused-ring (bicyclic) bond motifs is 5. The first-order chi connectivity index (χ1) is 20.8. The predicted molar refractivity (Wildman–Crippen MR) is 191 cm³/mol. The molecule has 1 nitrogen and oxygen atoms in total. The summed E-state index contributed by atoms with van der Waals surface area (Å²) in [5.41, 5.74) is 9.54. The molecule has 2 aliphatic rings. The molecule has 0 radical (unpaired) electrons. The number of pyridine rings is 1. The molecule has 1 aliphatic carbocycles. The van der Waals surface area contributed by atoms with Gasteiger partial charge in [-0.1, -0.05) is 96.6 Å². The van der Waals surface area contributed by atoms with Crippen LogP contribution in [-0.4, -0.2) is 0 Å². The Balaban J connectivity index is 1.48. The minimum absolute atomic E-state index is 0.261. The molecule has 0 bridgehead atoms. The standard InChI is InChI=1S/C42H50NS/c1-25(2)20-35-31-13-10-27(24-41(4,5)6)21-33(31)26(3)37-39-38-32(16-19-43(39)9)34-22-29(28-14-17-42(7,8)18-15-28)11-12-30(34)23-36(38)44-40(35)37/h10-13,16,19,21-23,25,28H,14-15,17-18,20,24H2,1-9H3/q+1. The van der Waals surface area contributed by atoms with Gasteiger partial charge >= 0.3 is 0 Å². The number of hydrogen-bond acceptors (Lipinski definition) is 1. The van der Waals surface area contributed by atoms with Gasteiger partial charge in [0.05, 0.1) is 10.9 Å². The highest BCUT2D eigenvalue weighted by Gasteiger charge is 2.33. The lowest BCUT2D eigenvalue weighted by atomic mass is 9.71. The summed E-state index contributed by atoms with van der Waals surface area (Å²) in [7, 11) is 2.25. The van der Waals surface area contributed by atoms with Crippen LogP contribution in [0, 0.1) is 23.7 Å². The summed E-state index contributed by atoms with van der Waals surface area (Å²) >= 11 is 2.03. The first-order valence-electron chi connectivity index (χ1n) is 16.9. The molecule has 5 aromatic rings. The Morgan fingerprint density at radius 3 is 2.36 bits per heavy atom. The van der Waals surface area contributed by atoms with E-state index in [-0.39, 0.29) is 5.41 Å². The summed E-state index contributed by atoms with van der Waals surface area (Å²) < 4.78 is 2.40. The van der Waals surface area contributed by atoms with Crippen molar-refractivity contribution >= 4 is 44.1 Å². The Bertz CT molecular complexity index is 1940. The maximum Gasteiger partial charge on any atom is 0.222 e.